The van der Waals surface area contributed by atoms with Crippen LogP contribution in [0.3, 0.4) is 0 Å². The zero-order valence-electron chi connectivity index (χ0n) is 12.2. The summed E-state index contributed by atoms with van der Waals surface area (Å²) in [6, 6.07) is 8.27. The first kappa shape index (κ1) is 15.0. The molecule has 1 aromatic carbocycles. The van der Waals surface area contributed by atoms with Gasteiger partial charge in [-0.15, -0.1) is 11.3 Å². The molecule has 0 amide bonds. The Bertz CT molecular complexity index is 953. The SMILES string of the molecule is CNc1ccc(C#C/C=C/c2nc3ccc(O)cc3s2)c([18F])n1. The number of nitrogens with one attached hydrogen (secondary N) is 1. The summed E-state index contributed by atoms with van der Waals surface area (Å²) in [4.78, 5) is 8.12. The van der Waals surface area contributed by atoms with Crippen LogP contribution >= 0.6 is 11.3 Å². The molecule has 2 aromatic heterocycles. The first-order valence-electron chi connectivity index (χ1n) is 6.77. The first-order valence-corrected chi connectivity index (χ1v) is 7.59. The number of hydrogen-bond acceptors (Lipinski definition) is 5. The van der Waals surface area contributed by atoms with Crippen LogP contribution in [0.2, 0.25) is 0 Å². The fraction of sp³-hybridized carbons (Fsp3) is 0.0588. The summed E-state index contributed by atoms with van der Waals surface area (Å²) in [6.45, 7) is 0. The third kappa shape index (κ3) is 3.47. The smallest absolute Gasteiger partial charge is 0.230 e. The van der Waals surface area contributed by atoms with Crippen LogP contribution in [0, 0.1) is 17.8 Å². The van der Waals surface area contributed by atoms with Gasteiger partial charge in [0.25, 0.3) is 0 Å². The van der Waals surface area contributed by atoms with Crippen molar-refractivity contribution in [1.82, 2.24) is 9.97 Å². The van der Waals surface area contributed by atoms with Gasteiger partial charge >= 0.3 is 0 Å². The Kier molecular flexibility index (Phi) is 4.22. The predicted molar refractivity (Wildman–Crippen MR) is 90.9 cm³/mol. The molecule has 0 aliphatic carbocycles. The van der Waals surface area contributed by atoms with Gasteiger partial charge < -0.3 is 10.4 Å². The molecule has 0 radical (unpaired) electrons. The van der Waals surface area contributed by atoms with Gasteiger partial charge in [0.05, 0.1) is 15.8 Å². The number of allylic oxidation sites excluding steroid dienone is 1. The molecular weight excluding hydrogens is 312 g/mol. The Hall–Kier alpha value is -2.91. The van der Waals surface area contributed by atoms with Crippen molar-refractivity contribution in [3.05, 3.63) is 52.9 Å². The van der Waals surface area contributed by atoms with E-state index in [-0.39, 0.29) is 11.3 Å². The monoisotopic (exact) mass is 324 g/mol. The molecule has 0 saturated heterocycles. The van der Waals surface area contributed by atoms with Gasteiger partial charge in [0.2, 0.25) is 5.95 Å². The van der Waals surface area contributed by atoms with Gasteiger partial charge in [-0.1, -0.05) is 11.8 Å². The Morgan fingerprint density at radius 1 is 1.26 bits per heavy atom. The molecule has 0 fully saturated rings. The fourth-order valence-electron chi connectivity index (χ4n) is 1.90. The molecule has 0 unspecified atom stereocenters. The number of anilines is 1. The fourth-order valence-corrected chi connectivity index (χ4v) is 2.80. The Labute approximate surface area is 136 Å². The number of phenols is 1. The topological polar surface area (TPSA) is 58.0 Å². The van der Waals surface area contributed by atoms with E-state index in [0.717, 1.165) is 15.2 Å². The van der Waals surface area contributed by atoms with Crippen LogP contribution in [0.5, 0.6) is 5.75 Å². The number of fused-ring (bicyclic) bond motifs is 1. The number of halogens is 1. The molecule has 0 spiro atoms. The highest BCUT2D eigenvalue weighted by Gasteiger charge is 2.02. The zero-order valence-corrected chi connectivity index (χ0v) is 13.0. The van der Waals surface area contributed by atoms with Crippen LogP contribution in [-0.2, 0) is 0 Å². The van der Waals surface area contributed by atoms with Crippen LogP contribution in [0.15, 0.2) is 36.4 Å². The van der Waals surface area contributed by atoms with Crippen molar-refractivity contribution in [2.75, 3.05) is 12.4 Å². The second kappa shape index (κ2) is 6.46. The zero-order chi connectivity index (χ0) is 16.2. The highest BCUT2D eigenvalue weighted by molar-refractivity contribution is 7.19. The molecule has 6 heteroatoms. The number of hydrogen-bond donors (Lipinski definition) is 2. The van der Waals surface area contributed by atoms with Crippen LogP contribution in [-0.4, -0.2) is 22.1 Å². The standard InChI is InChI=1S/C17H12FN3OS/c1-19-15-9-6-11(17(18)21-15)4-2-3-5-16-20-13-8-7-12(22)10-14(13)23-16/h3,5-10,22H,1H3,(H,19,21)/b5-3+/i18-1. The van der Waals surface area contributed by atoms with Crippen molar-refractivity contribution in [3.8, 4) is 17.6 Å². The quantitative estimate of drug-likeness (QED) is 0.558. The Morgan fingerprint density at radius 3 is 2.91 bits per heavy atom. The minimum Gasteiger partial charge on any atom is -0.508 e. The number of thiazole rings is 1. The molecule has 0 atom stereocenters. The summed E-state index contributed by atoms with van der Waals surface area (Å²) < 4.78 is 14.6. The average Bonchev–Trinajstić information content (AvgIpc) is 2.94. The maximum atomic E-state index is 13.7. The number of aromatic hydroxyl groups is 1. The number of rotatable bonds is 2. The van der Waals surface area contributed by atoms with Crippen molar-refractivity contribution < 1.29 is 9.50 Å². The summed E-state index contributed by atoms with van der Waals surface area (Å²) >= 11 is 1.45. The lowest BCUT2D eigenvalue weighted by Gasteiger charge is -1.98. The summed E-state index contributed by atoms with van der Waals surface area (Å²) in [6.07, 6.45) is 3.37. The van der Waals surface area contributed by atoms with E-state index in [4.69, 9.17) is 0 Å². The number of benzene rings is 1. The van der Waals surface area contributed by atoms with E-state index in [1.54, 1.807) is 49.5 Å². The normalized spacial score (nSPS) is 10.7. The van der Waals surface area contributed by atoms with E-state index in [2.05, 4.69) is 27.1 Å². The molecule has 114 valence electrons. The minimum atomic E-state index is -0.604. The van der Waals surface area contributed by atoms with Crippen molar-refractivity contribution >= 4 is 33.4 Å². The molecule has 3 rings (SSSR count). The predicted octanol–water partition coefficient (Wildman–Crippen LogP) is 3.64. The minimum absolute atomic E-state index is 0.212. The molecule has 0 aliphatic rings. The van der Waals surface area contributed by atoms with Crippen molar-refractivity contribution in [2.45, 2.75) is 0 Å². The highest BCUT2D eigenvalue weighted by Crippen LogP contribution is 2.26. The summed E-state index contributed by atoms with van der Waals surface area (Å²) in [5, 5.41) is 13.0. The highest BCUT2D eigenvalue weighted by atomic mass is 32.1. The number of phenolic OH excluding ortho intramolecular Hbond substituents is 1. The summed E-state index contributed by atoms with van der Waals surface area (Å²) in [7, 11) is 1.67. The van der Waals surface area contributed by atoms with Gasteiger partial charge in [0, 0.05) is 7.05 Å². The van der Waals surface area contributed by atoms with E-state index in [9.17, 15) is 9.50 Å². The molecule has 0 saturated carbocycles. The number of pyridine rings is 1. The van der Waals surface area contributed by atoms with Crippen molar-refractivity contribution in [3.63, 3.8) is 0 Å². The maximum Gasteiger partial charge on any atom is 0.230 e. The van der Waals surface area contributed by atoms with Gasteiger partial charge in [0.1, 0.15) is 16.6 Å². The van der Waals surface area contributed by atoms with Gasteiger partial charge in [-0.25, -0.2) is 9.97 Å². The van der Waals surface area contributed by atoms with Gasteiger partial charge in [-0.2, -0.15) is 4.39 Å². The first-order chi connectivity index (χ1) is 11.2. The van der Waals surface area contributed by atoms with Crippen molar-refractivity contribution in [2.24, 2.45) is 0 Å². The molecule has 3 aromatic rings. The van der Waals surface area contributed by atoms with E-state index < -0.39 is 5.95 Å². The summed E-state index contributed by atoms with van der Waals surface area (Å²) in [5.41, 5.74) is 1.06. The molecule has 2 N–H and O–H groups in total. The van der Waals surface area contributed by atoms with Gasteiger partial charge in [0.15, 0.2) is 0 Å². The average molecular weight is 324 g/mol. The van der Waals surface area contributed by atoms with Gasteiger partial charge in [-0.3, -0.25) is 0 Å². The second-order valence-corrected chi connectivity index (χ2v) is 5.65. The molecule has 2 heterocycles. The van der Waals surface area contributed by atoms with E-state index in [1.807, 2.05) is 0 Å². The second-order valence-electron chi connectivity index (χ2n) is 4.59. The molecule has 23 heavy (non-hydrogen) atoms. The lowest BCUT2D eigenvalue weighted by Crippen LogP contribution is -1.96. The molecular formula is C17H12FN3OS. The van der Waals surface area contributed by atoms with E-state index >= 15 is 0 Å². The van der Waals surface area contributed by atoms with Crippen molar-refractivity contribution in [1.29, 1.82) is 0 Å². The summed E-state index contributed by atoms with van der Waals surface area (Å²) in [5.74, 6) is 5.55. The van der Waals surface area contributed by atoms with Crippen LogP contribution in [0.25, 0.3) is 16.3 Å². The Morgan fingerprint density at radius 2 is 2.13 bits per heavy atom. The third-order valence-electron chi connectivity index (χ3n) is 3.01. The molecule has 4 nitrogen and oxygen atoms in total. The Balaban J connectivity index is 1.78. The number of aromatic nitrogens is 2. The largest absolute Gasteiger partial charge is 0.508 e. The van der Waals surface area contributed by atoms with Crippen LogP contribution in [0.1, 0.15) is 10.6 Å². The number of nitrogens with zero attached hydrogens (tertiary/aromatic N) is 2. The van der Waals surface area contributed by atoms with Crippen LogP contribution in [0.4, 0.5) is 10.2 Å². The van der Waals surface area contributed by atoms with E-state index in [1.165, 1.54) is 11.3 Å². The maximum absolute atomic E-state index is 13.7. The van der Waals surface area contributed by atoms with E-state index in [0.29, 0.717) is 5.82 Å². The molecule has 0 aliphatic heterocycles. The molecule has 0 bridgehead atoms. The van der Waals surface area contributed by atoms with Gasteiger partial charge in [-0.05, 0) is 42.5 Å². The lowest BCUT2D eigenvalue weighted by molar-refractivity contribution is 0.476. The lowest BCUT2D eigenvalue weighted by atomic mass is 10.2. The van der Waals surface area contributed by atoms with Crippen LogP contribution < -0.4 is 5.32 Å². The third-order valence-corrected chi connectivity index (χ3v) is 3.99.